The second-order valence-electron chi connectivity index (χ2n) is 6.05. The molecule has 0 aliphatic carbocycles. The third-order valence-corrected chi connectivity index (χ3v) is 4.10. The van der Waals surface area contributed by atoms with Gasteiger partial charge in [-0.25, -0.2) is 4.98 Å². The molecule has 1 aromatic carbocycles. The van der Waals surface area contributed by atoms with E-state index < -0.39 is 11.7 Å². The van der Waals surface area contributed by atoms with Crippen molar-refractivity contribution in [3.05, 3.63) is 41.9 Å². The molecule has 0 spiro atoms. The third kappa shape index (κ3) is 3.85. The van der Waals surface area contributed by atoms with E-state index in [2.05, 4.69) is 25.7 Å². The maximum absolute atomic E-state index is 13.0. The summed E-state index contributed by atoms with van der Waals surface area (Å²) in [4.78, 5) is 7.68. The van der Waals surface area contributed by atoms with E-state index in [1.807, 2.05) is 32.3 Å². The minimum atomic E-state index is -4.54. The van der Waals surface area contributed by atoms with Crippen molar-refractivity contribution in [3.8, 4) is 16.9 Å². The molecular formula is C18H19F3N6O. The first-order valence-corrected chi connectivity index (χ1v) is 8.30. The Morgan fingerprint density at radius 1 is 1.21 bits per heavy atom. The fraction of sp³-hybridized carbons (Fsp3) is 0.278. The SMILES string of the molecule is CNc1nc(Nc2ccc(-c3cn(C)nc3C)cc2OC)ncc1C(F)(F)F. The van der Waals surface area contributed by atoms with Gasteiger partial charge in [0.15, 0.2) is 0 Å². The Morgan fingerprint density at radius 3 is 2.54 bits per heavy atom. The number of aryl methyl sites for hydroxylation is 2. The summed E-state index contributed by atoms with van der Waals surface area (Å²) < 4.78 is 46.1. The van der Waals surface area contributed by atoms with E-state index in [-0.39, 0.29) is 11.8 Å². The Balaban J connectivity index is 1.93. The lowest BCUT2D eigenvalue weighted by molar-refractivity contribution is -0.137. The summed E-state index contributed by atoms with van der Waals surface area (Å²) in [7, 11) is 4.71. The first-order valence-electron chi connectivity index (χ1n) is 8.30. The lowest BCUT2D eigenvalue weighted by atomic mass is 10.1. The number of methoxy groups -OCH3 is 1. The van der Waals surface area contributed by atoms with E-state index in [0.29, 0.717) is 11.4 Å². The fourth-order valence-corrected chi connectivity index (χ4v) is 2.81. The van der Waals surface area contributed by atoms with Crippen LogP contribution < -0.4 is 15.4 Å². The van der Waals surface area contributed by atoms with Crippen LogP contribution in [0.4, 0.5) is 30.6 Å². The van der Waals surface area contributed by atoms with Gasteiger partial charge in [-0.05, 0) is 24.6 Å². The molecule has 0 radical (unpaired) electrons. The van der Waals surface area contributed by atoms with Crippen molar-refractivity contribution in [3.63, 3.8) is 0 Å². The Kier molecular flexibility index (Phi) is 5.12. The molecule has 0 amide bonds. The van der Waals surface area contributed by atoms with E-state index in [4.69, 9.17) is 4.74 Å². The number of anilines is 3. The standard InChI is InChI=1S/C18H19F3N6O/c1-10-12(9-27(3)26-10)11-5-6-14(15(7-11)28-4)24-17-23-8-13(18(19,20)21)16(22-2)25-17/h5-9H,1-4H3,(H2,22,23,24,25). The zero-order valence-corrected chi connectivity index (χ0v) is 15.7. The summed E-state index contributed by atoms with van der Waals surface area (Å²) in [5.41, 5.74) is 2.31. The number of nitrogens with zero attached hydrogens (tertiary/aromatic N) is 4. The van der Waals surface area contributed by atoms with Crippen LogP contribution in [0.5, 0.6) is 5.75 Å². The number of benzene rings is 1. The number of ether oxygens (including phenoxy) is 1. The van der Waals surface area contributed by atoms with E-state index >= 15 is 0 Å². The fourth-order valence-electron chi connectivity index (χ4n) is 2.81. The van der Waals surface area contributed by atoms with Crippen LogP contribution in [-0.2, 0) is 13.2 Å². The smallest absolute Gasteiger partial charge is 0.421 e. The van der Waals surface area contributed by atoms with Gasteiger partial charge < -0.3 is 15.4 Å². The van der Waals surface area contributed by atoms with Crippen LogP contribution in [0, 0.1) is 6.92 Å². The van der Waals surface area contributed by atoms with Crippen LogP contribution in [0.25, 0.3) is 11.1 Å². The number of nitrogens with one attached hydrogen (secondary N) is 2. The molecule has 148 valence electrons. The molecule has 0 aliphatic heterocycles. The Hall–Kier alpha value is -3.30. The van der Waals surface area contributed by atoms with E-state index in [1.165, 1.54) is 14.2 Å². The van der Waals surface area contributed by atoms with Crippen LogP contribution >= 0.6 is 0 Å². The van der Waals surface area contributed by atoms with Crippen molar-refractivity contribution < 1.29 is 17.9 Å². The number of hydrogen-bond donors (Lipinski definition) is 2. The minimum Gasteiger partial charge on any atom is -0.495 e. The van der Waals surface area contributed by atoms with Crippen LogP contribution in [0.2, 0.25) is 0 Å². The highest BCUT2D eigenvalue weighted by atomic mass is 19.4. The van der Waals surface area contributed by atoms with E-state index in [1.54, 1.807) is 10.7 Å². The maximum Gasteiger partial charge on any atom is 0.421 e. The second-order valence-corrected chi connectivity index (χ2v) is 6.05. The van der Waals surface area contributed by atoms with Gasteiger partial charge in [-0.15, -0.1) is 0 Å². The molecule has 0 aliphatic rings. The first-order chi connectivity index (χ1) is 13.2. The Labute approximate surface area is 159 Å². The van der Waals surface area contributed by atoms with Gasteiger partial charge in [0, 0.05) is 32.1 Å². The van der Waals surface area contributed by atoms with Gasteiger partial charge in [0.25, 0.3) is 0 Å². The van der Waals surface area contributed by atoms with E-state index in [0.717, 1.165) is 23.0 Å². The molecule has 0 unspecified atom stereocenters. The van der Waals surface area contributed by atoms with Gasteiger partial charge in [-0.3, -0.25) is 4.68 Å². The molecule has 2 aromatic heterocycles. The molecule has 10 heteroatoms. The van der Waals surface area contributed by atoms with Gasteiger partial charge >= 0.3 is 6.18 Å². The molecule has 0 bridgehead atoms. The van der Waals surface area contributed by atoms with Gasteiger partial charge in [-0.1, -0.05) is 6.07 Å². The highest BCUT2D eigenvalue weighted by molar-refractivity contribution is 5.73. The van der Waals surface area contributed by atoms with E-state index in [9.17, 15) is 13.2 Å². The van der Waals surface area contributed by atoms with Crippen LogP contribution in [0.3, 0.4) is 0 Å². The number of aromatic nitrogens is 4. The zero-order valence-electron chi connectivity index (χ0n) is 15.7. The zero-order chi connectivity index (χ0) is 20.5. The molecule has 3 aromatic rings. The lowest BCUT2D eigenvalue weighted by Crippen LogP contribution is -2.12. The predicted molar refractivity (Wildman–Crippen MR) is 99.8 cm³/mol. The van der Waals surface area contributed by atoms with Crippen LogP contribution in [0.1, 0.15) is 11.3 Å². The van der Waals surface area contributed by atoms with Gasteiger partial charge in [0.05, 0.1) is 18.5 Å². The topological polar surface area (TPSA) is 76.9 Å². The van der Waals surface area contributed by atoms with Crippen molar-refractivity contribution in [1.82, 2.24) is 19.7 Å². The Bertz CT molecular complexity index is 999. The molecule has 3 rings (SSSR count). The van der Waals surface area contributed by atoms with Gasteiger partial charge in [-0.2, -0.15) is 23.3 Å². The van der Waals surface area contributed by atoms with Crippen molar-refractivity contribution in [2.75, 3.05) is 24.8 Å². The largest absolute Gasteiger partial charge is 0.495 e. The summed E-state index contributed by atoms with van der Waals surface area (Å²) in [6, 6.07) is 5.42. The Morgan fingerprint density at radius 2 is 1.96 bits per heavy atom. The maximum atomic E-state index is 13.0. The number of hydrogen-bond acceptors (Lipinski definition) is 6. The molecule has 0 atom stereocenters. The highest BCUT2D eigenvalue weighted by Gasteiger charge is 2.35. The number of halogens is 3. The van der Waals surface area contributed by atoms with Crippen molar-refractivity contribution in [1.29, 1.82) is 0 Å². The summed E-state index contributed by atoms with van der Waals surface area (Å²) in [6.07, 6.45) is -1.91. The van der Waals surface area contributed by atoms with Crippen molar-refractivity contribution in [2.24, 2.45) is 7.05 Å². The first kappa shape index (κ1) is 19.5. The molecular weight excluding hydrogens is 373 g/mol. The van der Waals surface area contributed by atoms with Crippen LogP contribution in [-0.4, -0.2) is 33.9 Å². The molecule has 0 saturated heterocycles. The summed E-state index contributed by atoms with van der Waals surface area (Å²) in [5.74, 6) is 0.197. The van der Waals surface area contributed by atoms with Crippen molar-refractivity contribution in [2.45, 2.75) is 13.1 Å². The lowest BCUT2D eigenvalue weighted by Gasteiger charge is -2.14. The minimum absolute atomic E-state index is 0.0148. The van der Waals surface area contributed by atoms with Gasteiger partial charge in [0.2, 0.25) is 5.95 Å². The monoisotopic (exact) mass is 392 g/mol. The third-order valence-electron chi connectivity index (χ3n) is 4.10. The highest BCUT2D eigenvalue weighted by Crippen LogP contribution is 2.36. The summed E-state index contributed by atoms with van der Waals surface area (Å²) in [5, 5.41) is 9.67. The van der Waals surface area contributed by atoms with Gasteiger partial charge in [0.1, 0.15) is 17.1 Å². The molecule has 2 heterocycles. The molecule has 2 N–H and O–H groups in total. The summed E-state index contributed by atoms with van der Waals surface area (Å²) >= 11 is 0. The van der Waals surface area contributed by atoms with Crippen LogP contribution in [0.15, 0.2) is 30.6 Å². The van der Waals surface area contributed by atoms with Crippen molar-refractivity contribution >= 4 is 17.5 Å². The molecule has 7 nitrogen and oxygen atoms in total. The average Bonchev–Trinajstić information content (AvgIpc) is 2.99. The number of rotatable bonds is 5. The summed E-state index contributed by atoms with van der Waals surface area (Å²) in [6.45, 7) is 1.91. The second kappa shape index (κ2) is 7.37. The number of alkyl halides is 3. The molecule has 0 saturated carbocycles. The average molecular weight is 392 g/mol. The molecule has 0 fully saturated rings. The quantitative estimate of drug-likeness (QED) is 0.684. The molecule has 28 heavy (non-hydrogen) atoms. The normalized spacial score (nSPS) is 11.4. The predicted octanol–water partition coefficient (Wildman–Crippen LogP) is 4.00.